The van der Waals surface area contributed by atoms with Crippen LogP contribution < -0.4 is 5.56 Å². The highest BCUT2D eigenvalue weighted by Crippen LogP contribution is 2.23. The molecule has 0 spiro atoms. The van der Waals surface area contributed by atoms with Gasteiger partial charge in [0.1, 0.15) is 11.4 Å². The number of benzene rings is 1. The van der Waals surface area contributed by atoms with Crippen LogP contribution in [0.2, 0.25) is 0 Å². The van der Waals surface area contributed by atoms with E-state index in [4.69, 9.17) is 9.15 Å². The second-order valence-corrected chi connectivity index (χ2v) is 7.91. The second-order valence-electron chi connectivity index (χ2n) is 7.91. The minimum absolute atomic E-state index is 0.193. The van der Waals surface area contributed by atoms with Crippen LogP contribution >= 0.6 is 0 Å². The maximum Gasteiger partial charge on any atom is 0.331 e. The van der Waals surface area contributed by atoms with Crippen molar-refractivity contribution in [3.63, 3.8) is 0 Å². The second kappa shape index (κ2) is 9.27. The van der Waals surface area contributed by atoms with Crippen LogP contribution in [-0.4, -0.2) is 32.3 Å². The summed E-state index contributed by atoms with van der Waals surface area (Å²) in [6.07, 6.45) is 4.16. The van der Waals surface area contributed by atoms with Gasteiger partial charge in [-0.3, -0.25) is 14.3 Å². The topological polar surface area (TPSA) is 88.4 Å². The zero-order valence-corrected chi connectivity index (χ0v) is 19.4. The molecule has 0 unspecified atom stereocenters. The lowest BCUT2D eigenvalue weighted by Gasteiger charge is -2.08. The van der Waals surface area contributed by atoms with Crippen molar-refractivity contribution in [3.05, 3.63) is 99.6 Å². The molecule has 3 aromatic heterocycles. The van der Waals surface area contributed by atoms with Crippen molar-refractivity contribution in [3.8, 4) is 11.4 Å². The molecule has 8 nitrogen and oxygen atoms in total. The molecule has 0 N–H and O–H groups in total. The molecule has 4 rings (SSSR count). The first kappa shape index (κ1) is 22.8. The molecule has 0 aliphatic heterocycles. The van der Waals surface area contributed by atoms with E-state index in [2.05, 4.69) is 0 Å². The van der Waals surface area contributed by atoms with Gasteiger partial charge >= 0.3 is 5.97 Å². The number of Topliss-reactive ketones (excluding diaryl/α,β-unsaturated/α-hetero) is 1. The van der Waals surface area contributed by atoms with Crippen LogP contribution in [0.3, 0.4) is 0 Å². The summed E-state index contributed by atoms with van der Waals surface area (Å²) in [5, 5.41) is 0. The zero-order chi connectivity index (χ0) is 24.4. The Hall–Kier alpha value is -4.33. The van der Waals surface area contributed by atoms with E-state index >= 15 is 0 Å². The summed E-state index contributed by atoms with van der Waals surface area (Å²) in [6.45, 7) is 5.07. The summed E-state index contributed by atoms with van der Waals surface area (Å²) in [5.41, 5.74) is 3.52. The lowest BCUT2D eigenvalue weighted by Crippen LogP contribution is -2.22. The number of aromatic nitrogens is 3. The molecule has 0 bridgehead atoms. The third kappa shape index (κ3) is 4.17. The van der Waals surface area contributed by atoms with Crippen molar-refractivity contribution in [1.29, 1.82) is 0 Å². The molecule has 0 fully saturated rings. The maximum absolute atomic E-state index is 13.4. The molecule has 0 radical (unpaired) electrons. The van der Waals surface area contributed by atoms with Gasteiger partial charge < -0.3 is 13.7 Å². The minimum atomic E-state index is -0.650. The Morgan fingerprint density at radius 1 is 1.03 bits per heavy atom. The van der Waals surface area contributed by atoms with Crippen molar-refractivity contribution < 1.29 is 18.7 Å². The van der Waals surface area contributed by atoms with Gasteiger partial charge in [0.2, 0.25) is 5.78 Å². The zero-order valence-electron chi connectivity index (χ0n) is 19.4. The number of furan rings is 1. The van der Waals surface area contributed by atoms with Crippen LogP contribution in [0.1, 0.15) is 33.2 Å². The fourth-order valence-electron chi connectivity index (χ4n) is 4.00. The highest BCUT2D eigenvalue weighted by atomic mass is 16.5. The van der Waals surface area contributed by atoms with Gasteiger partial charge in [-0.05, 0) is 57.2 Å². The van der Waals surface area contributed by atoms with E-state index in [1.807, 2.05) is 51.2 Å². The monoisotopic (exact) mass is 459 g/mol. The number of esters is 1. The van der Waals surface area contributed by atoms with E-state index < -0.39 is 12.6 Å². The van der Waals surface area contributed by atoms with E-state index in [1.165, 1.54) is 18.4 Å². The molecular formula is C26H25N3O5. The predicted molar refractivity (Wildman–Crippen MR) is 128 cm³/mol. The van der Waals surface area contributed by atoms with Gasteiger partial charge in [0, 0.05) is 30.1 Å². The average molecular weight is 460 g/mol. The molecular weight excluding hydrogens is 434 g/mol. The number of hydrogen-bond donors (Lipinski definition) is 0. The first-order chi connectivity index (χ1) is 16.3. The molecule has 4 aromatic rings. The molecule has 0 aliphatic carbocycles. The highest BCUT2D eigenvalue weighted by Gasteiger charge is 2.24. The van der Waals surface area contributed by atoms with Crippen molar-refractivity contribution in [1.82, 2.24) is 13.9 Å². The molecule has 0 saturated carbocycles. The summed E-state index contributed by atoms with van der Waals surface area (Å²) in [5.74, 6) is -0.495. The Morgan fingerprint density at radius 2 is 1.76 bits per heavy atom. The van der Waals surface area contributed by atoms with Gasteiger partial charge in [0.25, 0.3) is 5.56 Å². The molecule has 3 heterocycles. The molecule has 8 heteroatoms. The first-order valence-corrected chi connectivity index (χ1v) is 10.7. The SMILES string of the molecule is Cc1cc(C(=O)COC(=O)/C=C/c2ccco2)c(C)n1-c1c(C)n(C)n(-c2ccccc2)c1=O. The molecule has 0 amide bonds. The fraction of sp³-hybridized carbons (Fsp3) is 0.192. The van der Waals surface area contributed by atoms with Crippen molar-refractivity contribution in [2.45, 2.75) is 20.8 Å². The molecule has 34 heavy (non-hydrogen) atoms. The van der Waals surface area contributed by atoms with Crippen LogP contribution in [0, 0.1) is 20.8 Å². The third-order valence-electron chi connectivity index (χ3n) is 5.75. The van der Waals surface area contributed by atoms with Crippen molar-refractivity contribution >= 4 is 17.8 Å². The molecule has 0 saturated heterocycles. The molecule has 174 valence electrons. The first-order valence-electron chi connectivity index (χ1n) is 10.7. The number of carbonyl (C=O) groups excluding carboxylic acids is 2. The summed E-state index contributed by atoms with van der Waals surface area (Å²) in [6, 6.07) is 14.5. The molecule has 1 aromatic carbocycles. The van der Waals surface area contributed by atoms with Gasteiger partial charge in [0.15, 0.2) is 6.61 Å². The van der Waals surface area contributed by atoms with Crippen LogP contribution in [0.15, 0.2) is 70.1 Å². The smallest absolute Gasteiger partial charge is 0.331 e. The van der Waals surface area contributed by atoms with Gasteiger partial charge in [-0.25, -0.2) is 9.48 Å². The van der Waals surface area contributed by atoms with E-state index in [0.29, 0.717) is 22.7 Å². The molecule has 0 atom stereocenters. The number of carbonyl (C=O) groups is 2. The van der Waals surface area contributed by atoms with Gasteiger partial charge in [-0.15, -0.1) is 0 Å². The van der Waals surface area contributed by atoms with Crippen LogP contribution in [-0.2, 0) is 16.6 Å². The number of ketones is 1. The lowest BCUT2D eigenvalue weighted by atomic mass is 10.1. The van der Waals surface area contributed by atoms with Gasteiger partial charge in [-0.1, -0.05) is 18.2 Å². The number of aryl methyl sites for hydroxylation is 1. The highest BCUT2D eigenvalue weighted by molar-refractivity contribution is 6.00. The van der Waals surface area contributed by atoms with Crippen LogP contribution in [0.5, 0.6) is 0 Å². The predicted octanol–water partition coefficient (Wildman–Crippen LogP) is 3.92. The number of rotatable bonds is 7. The largest absolute Gasteiger partial charge is 0.465 e. The van der Waals surface area contributed by atoms with Gasteiger partial charge in [-0.2, -0.15) is 0 Å². The summed E-state index contributed by atoms with van der Waals surface area (Å²) in [4.78, 5) is 38.2. The Labute approximate surface area is 196 Å². The average Bonchev–Trinajstić information content (AvgIpc) is 3.50. The van der Waals surface area contributed by atoms with Crippen molar-refractivity contribution in [2.24, 2.45) is 7.05 Å². The van der Waals surface area contributed by atoms with E-state index in [0.717, 1.165) is 17.1 Å². The summed E-state index contributed by atoms with van der Waals surface area (Å²) >= 11 is 0. The number of hydrogen-bond acceptors (Lipinski definition) is 5. The Bertz CT molecular complexity index is 1430. The normalized spacial score (nSPS) is 11.3. The lowest BCUT2D eigenvalue weighted by molar-refractivity contribution is -0.136. The quantitative estimate of drug-likeness (QED) is 0.237. The van der Waals surface area contributed by atoms with Crippen molar-refractivity contribution in [2.75, 3.05) is 6.61 Å². The maximum atomic E-state index is 13.4. The summed E-state index contributed by atoms with van der Waals surface area (Å²) < 4.78 is 15.4. The van der Waals surface area contributed by atoms with Crippen LogP contribution in [0.25, 0.3) is 17.5 Å². The molecule has 0 aliphatic rings. The number of ether oxygens (including phenoxy) is 1. The Kier molecular flexibility index (Phi) is 6.23. The number of nitrogens with zero attached hydrogens (tertiary/aromatic N) is 3. The van der Waals surface area contributed by atoms with Crippen LogP contribution in [0.4, 0.5) is 0 Å². The van der Waals surface area contributed by atoms with E-state index in [-0.39, 0.29) is 11.3 Å². The van der Waals surface area contributed by atoms with Gasteiger partial charge in [0.05, 0.1) is 17.6 Å². The summed E-state index contributed by atoms with van der Waals surface area (Å²) in [7, 11) is 1.82. The Morgan fingerprint density at radius 3 is 2.44 bits per heavy atom. The Balaban J connectivity index is 1.60. The van der Waals surface area contributed by atoms with E-state index in [9.17, 15) is 14.4 Å². The van der Waals surface area contributed by atoms with E-state index in [1.54, 1.807) is 39.1 Å². The fourth-order valence-corrected chi connectivity index (χ4v) is 4.00. The standard InChI is InChI=1S/C26H25N3O5/c1-17-15-22(23(30)16-34-24(31)13-12-21-11-8-14-33-21)18(2)28(17)25-19(3)27(4)29(26(25)32)20-9-6-5-7-10-20/h5-15H,16H2,1-4H3/b13-12+. The minimum Gasteiger partial charge on any atom is -0.465 e. The number of para-hydroxylation sites is 1. The third-order valence-corrected chi connectivity index (χ3v) is 5.75.